The normalized spacial score (nSPS) is 10.6. The molecule has 1 heterocycles. The Morgan fingerprint density at radius 1 is 1.00 bits per heavy atom. The maximum absolute atomic E-state index is 14.9. The molecule has 3 N–H and O–H groups in total. The fourth-order valence-electron chi connectivity index (χ4n) is 4.08. The van der Waals surface area contributed by atoms with Crippen molar-refractivity contribution in [1.82, 2.24) is 15.2 Å². The molecule has 41 heavy (non-hydrogen) atoms. The molecule has 0 radical (unpaired) electrons. The zero-order valence-electron chi connectivity index (χ0n) is 22.8. The predicted molar refractivity (Wildman–Crippen MR) is 163 cm³/mol. The van der Waals surface area contributed by atoms with Gasteiger partial charge >= 0.3 is 0 Å². The molecule has 2 amide bonds. The maximum Gasteiger partial charge on any atom is 0.259 e. The van der Waals surface area contributed by atoms with Gasteiger partial charge in [0.05, 0.1) is 12.8 Å². The van der Waals surface area contributed by atoms with Crippen LogP contribution in [0, 0.1) is 16.3 Å². The fourth-order valence-corrected chi connectivity index (χ4v) is 4.53. The number of anilines is 2. The van der Waals surface area contributed by atoms with E-state index >= 15 is 0 Å². The minimum Gasteiger partial charge on any atom is -0.497 e. The molecule has 9 nitrogen and oxygen atoms in total. The molecule has 11 heteroatoms. The molecule has 212 valence electrons. The largest absolute Gasteiger partial charge is 0.497 e. The van der Waals surface area contributed by atoms with Gasteiger partial charge in [0.25, 0.3) is 17.4 Å². The Morgan fingerprint density at radius 3 is 2.39 bits per heavy atom. The average Bonchev–Trinajstić information content (AvgIpc) is 2.96. The molecule has 4 rings (SSSR count). The first kappa shape index (κ1) is 29.6. The molecular weight excluding hydrogens is 642 g/mol. The van der Waals surface area contributed by atoms with E-state index in [1.807, 2.05) is 34.7 Å². The van der Waals surface area contributed by atoms with E-state index in [-0.39, 0.29) is 41.0 Å². The number of carbonyl (C=O) groups excluding carboxylic acids is 2. The van der Waals surface area contributed by atoms with E-state index < -0.39 is 17.3 Å². The second kappa shape index (κ2) is 12.9. The number of hydrogen-bond donors (Lipinski definition) is 3. The van der Waals surface area contributed by atoms with Gasteiger partial charge in [-0.25, -0.2) is 4.39 Å². The van der Waals surface area contributed by atoms with Crippen molar-refractivity contribution in [3.8, 4) is 17.2 Å². The Kier molecular flexibility index (Phi) is 9.28. The number of aromatic nitrogens is 1. The molecule has 0 aliphatic rings. The first-order chi connectivity index (χ1) is 19.6. The Morgan fingerprint density at radius 2 is 1.73 bits per heavy atom. The van der Waals surface area contributed by atoms with Crippen molar-refractivity contribution in [3.05, 3.63) is 109 Å². The number of rotatable bonds is 9. The smallest absolute Gasteiger partial charge is 0.259 e. The fraction of sp³-hybridized carbons (Fsp3) is 0.167. The van der Waals surface area contributed by atoms with Gasteiger partial charge in [-0.05, 0) is 77.5 Å². The van der Waals surface area contributed by atoms with Crippen molar-refractivity contribution in [1.29, 1.82) is 0 Å². The number of pyridine rings is 1. The molecule has 0 bridgehead atoms. The Labute approximate surface area is 249 Å². The molecule has 4 aromatic rings. The summed E-state index contributed by atoms with van der Waals surface area (Å²) in [4.78, 5) is 39.1. The first-order valence-corrected chi connectivity index (χ1v) is 13.6. The molecule has 0 aliphatic heterocycles. The monoisotopic (exact) mass is 670 g/mol. The first-order valence-electron chi connectivity index (χ1n) is 12.5. The van der Waals surface area contributed by atoms with Gasteiger partial charge in [0, 0.05) is 41.4 Å². The number of nitrogens with one attached hydrogen (secondary N) is 3. The molecule has 1 aromatic heterocycles. The lowest BCUT2D eigenvalue weighted by atomic mass is 10.1. The summed E-state index contributed by atoms with van der Waals surface area (Å²) >= 11 is 1.99. The van der Waals surface area contributed by atoms with Crippen LogP contribution in [0.1, 0.15) is 31.8 Å². The maximum atomic E-state index is 14.9. The van der Waals surface area contributed by atoms with Crippen molar-refractivity contribution < 1.29 is 23.5 Å². The third-order valence-corrected chi connectivity index (χ3v) is 7.07. The van der Waals surface area contributed by atoms with E-state index in [0.717, 1.165) is 5.56 Å². The summed E-state index contributed by atoms with van der Waals surface area (Å²) in [5.74, 6) is -0.532. The van der Waals surface area contributed by atoms with Gasteiger partial charge in [0.2, 0.25) is 0 Å². The van der Waals surface area contributed by atoms with Crippen LogP contribution in [0.2, 0.25) is 0 Å². The summed E-state index contributed by atoms with van der Waals surface area (Å²) in [6, 6.07) is 17.8. The predicted octanol–water partition coefficient (Wildman–Crippen LogP) is 5.27. The molecule has 0 saturated heterocycles. The number of benzene rings is 3. The average molecular weight is 670 g/mol. The van der Waals surface area contributed by atoms with Crippen LogP contribution in [0.25, 0.3) is 0 Å². The zero-order chi connectivity index (χ0) is 29.7. The number of carbonyl (C=O) groups is 2. The van der Waals surface area contributed by atoms with Crippen molar-refractivity contribution in [3.63, 3.8) is 0 Å². The summed E-state index contributed by atoms with van der Waals surface area (Å²) < 4.78 is 28.1. The lowest BCUT2D eigenvalue weighted by Gasteiger charge is -2.20. The number of hydrogen-bond acceptors (Lipinski definition) is 6. The van der Waals surface area contributed by atoms with E-state index in [1.54, 1.807) is 50.4 Å². The summed E-state index contributed by atoms with van der Waals surface area (Å²) in [7, 11) is 4.55. The Bertz CT molecular complexity index is 1670. The SMILES string of the molecule is CNC(=O)c1cccc(Oc2cc(=O)n(C)c(Nc3ccc(I)cc3F)c2C(=O)NCc2ccc(OC)cc2)c1C. The number of amides is 2. The van der Waals surface area contributed by atoms with Gasteiger partial charge in [-0.15, -0.1) is 0 Å². The molecule has 0 spiro atoms. The van der Waals surface area contributed by atoms with Gasteiger partial charge in [0.1, 0.15) is 34.4 Å². The summed E-state index contributed by atoms with van der Waals surface area (Å²) in [5.41, 5.74) is 1.23. The molecule has 0 aliphatic carbocycles. The standard InChI is InChI=1S/C30H28FIN4O5/c1-17-21(29(38)33-2)6-5-7-24(17)41-25-15-26(37)36(3)28(35-23-13-10-19(32)14-22(23)31)27(25)30(39)34-16-18-8-11-20(40-4)12-9-18/h5-15,35H,16H2,1-4H3,(H,33,38)(H,34,39). The van der Waals surface area contributed by atoms with Crippen molar-refractivity contribution in [2.24, 2.45) is 7.05 Å². The number of halogens is 2. The highest BCUT2D eigenvalue weighted by Gasteiger charge is 2.24. The van der Waals surface area contributed by atoms with Crippen LogP contribution < -0.4 is 31.0 Å². The lowest BCUT2D eigenvalue weighted by molar-refractivity contribution is 0.0944. The highest BCUT2D eigenvalue weighted by atomic mass is 127. The van der Waals surface area contributed by atoms with Crippen LogP contribution >= 0.6 is 22.6 Å². The Balaban J connectivity index is 1.80. The lowest BCUT2D eigenvalue weighted by Crippen LogP contribution is -2.29. The van der Waals surface area contributed by atoms with Crippen LogP contribution in [-0.2, 0) is 13.6 Å². The minimum atomic E-state index is -0.569. The van der Waals surface area contributed by atoms with Crippen molar-refractivity contribution in [2.75, 3.05) is 19.5 Å². The quantitative estimate of drug-likeness (QED) is 0.210. The van der Waals surface area contributed by atoms with Gasteiger partial charge < -0.3 is 25.4 Å². The van der Waals surface area contributed by atoms with Crippen LogP contribution in [0.3, 0.4) is 0 Å². The molecule has 3 aromatic carbocycles. The van der Waals surface area contributed by atoms with Gasteiger partial charge in [-0.3, -0.25) is 19.0 Å². The second-order valence-corrected chi connectivity index (χ2v) is 10.3. The van der Waals surface area contributed by atoms with Crippen LogP contribution in [0.15, 0.2) is 71.5 Å². The highest BCUT2D eigenvalue weighted by Crippen LogP contribution is 2.34. The topological polar surface area (TPSA) is 111 Å². The van der Waals surface area contributed by atoms with Gasteiger partial charge in [-0.2, -0.15) is 0 Å². The van der Waals surface area contributed by atoms with E-state index in [2.05, 4.69) is 16.0 Å². The van der Waals surface area contributed by atoms with E-state index in [1.165, 1.54) is 36.9 Å². The highest BCUT2D eigenvalue weighted by molar-refractivity contribution is 14.1. The number of ether oxygens (including phenoxy) is 2. The molecule has 0 saturated carbocycles. The molecule has 0 atom stereocenters. The number of nitrogens with zero attached hydrogens (tertiary/aromatic N) is 1. The summed E-state index contributed by atoms with van der Waals surface area (Å²) in [5, 5.41) is 8.35. The van der Waals surface area contributed by atoms with E-state index in [9.17, 15) is 18.8 Å². The van der Waals surface area contributed by atoms with Crippen LogP contribution in [0.4, 0.5) is 15.9 Å². The third-order valence-electron chi connectivity index (χ3n) is 6.40. The van der Waals surface area contributed by atoms with Gasteiger partial charge in [0.15, 0.2) is 0 Å². The van der Waals surface area contributed by atoms with Crippen LogP contribution in [-0.4, -0.2) is 30.5 Å². The van der Waals surface area contributed by atoms with Gasteiger partial charge in [-0.1, -0.05) is 18.2 Å². The minimum absolute atomic E-state index is 0.0247. The van der Waals surface area contributed by atoms with E-state index in [0.29, 0.717) is 20.4 Å². The van der Waals surface area contributed by atoms with E-state index in [4.69, 9.17) is 9.47 Å². The summed E-state index contributed by atoms with van der Waals surface area (Å²) in [6.45, 7) is 1.86. The Hall–Kier alpha value is -4.39. The molecular formula is C30H28FIN4O5. The van der Waals surface area contributed by atoms with Crippen molar-refractivity contribution >= 4 is 45.9 Å². The molecule has 0 unspecified atom stereocenters. The second-order valence-electron chi connectivity index (χ2n) is 9.02. The van der Waals surface area contributed by atoms with Crippen LogP contribution in [0.5, 0.6) is 17.2 Å². The third kappa shape index (κ3) is 6.68. The zero-order valence-corrected chi connectivity index (χ0v) is 25.0. The summed E-state index contributed by atoms with van der Waals surface area (Å²) in [6.07, 6.45) is 0. The molecule has 0 fully saturated rings. The van der Waals surface area contributed by atoms with Crippen molar-refractivity contribution in [2.45, 2.75) is 13.5 Å². The number of methoxy groups -OCH3 is 1.